The van der Waals surface area contributed by atoms with E-state index in [1.165, 1.54) is 25.5 Å². The monoisotopic (exact) mass is 488 g/mol. The maximum Gasteiger partial charge on any atom is 0.240 e. The normalized spacial score (nSPS) is 11.1. The molecule has 0 unspecified atom stereocenters. The lowest BCUT2D eigenvalue weighted by atomic mass is 10.0. The molecule has 0 spiro atoms. The molecule has 10 heteroatoms. The molecule has 1 heterocycles. The summed E-state index contributed by atoms with van der Waals surface area (Å²) in [6.45, 7) is 0. The van der Waals surface area contributed by atoms with Crippen LogP contribution in [0.2, 0.25) is 0 Å². The summed E-state index contributed by atoms with van der Waals surface area (Å²) in [6, 6.07) is 23.6. The first-order chi connectivity index (χ1) is 16.8. The van der Waals surface area contributed by atoms with Gasteiger partial charge >= 0.3 is 0 Å². The van der Waals surface area contributed by atoms with Crippen LogP contribution in [-0.4, -0.2) is 31.3 Å². The Morgan fingerprint density at radius 3 is 2.09 bits per heavy atom. The van der Waals surface area contributed by atoms with Crippen molar-refractivity contribution in [2.24, 2.45) is 5.73 Å². The fraction of sp³-hybridized carbons (Fsp3) is 0.0800. The highest BCUT2D eigenvalue weighted by molar-refractivity contribution is 7.89. The van der Waals surface area contributed by atoms with E-state index in [1.54, 1.807) is 18.2 Å². The Kier molecular flexibility index (Phi) is 7.04. The van der Waals surface area contributed by atoms with Gasteiger partial charge in [0.25, 0.3) is 0 Å². The molecule has 178 valence electrons. The van der Waals surface area contributed by atoms with Gasteiger partial charge in [0.05, 0.1) is 11.3 Å². The molecule has 4 rings (SSSR count). The van der Waals surface area contributed by atoms with Crippen LogP contribution < -0.4 is 21.1 Å². The number of nitrogens with zero attached hydrogens (tertiary/aromatic N) is 2. The minimum Gasteiger partial charge on any atom is -0.369 e. The van der Waals surface area contributed by atoms with Crippen molar-refractivity contribution >= 4 is 38.9 Å². The summed E-state index contributed by atoms with van der Waals surface area (Å²) in [5.41, 5.74) is 9.50. The molecular weight excluding hydrogens is 464 g/mol. The molecule has 0 radical (unpaired) electrons. The van der Waals surface area contributed by atoms with E-state index in [0.29, 0.717) is 17.3 Å². The van der Waals surface area contributed by atoms with Crippen LogP contribution in [0.3, 0.4) is 0 Å². The van der Waals surface area contributed by atoms with Gasteiger partial charge in [-0.15, -0.1) is 0 Å². The van der Waals surface area contributed by atoms with Crippen molar-refractivity contribution in [3.8, 4) is 11.1 Å². The van der Waals surface area contributed by atoms with Gasteiger partial charge in [-0.1, -0.05) is 42.5 Å². The molecule has 0 aliphatic carbocycles. The van der Waals surface area contributed by atoms with Crippen LogP contribution in [0.1, 0.15) is 5.56 Å². The van der Waals surface area contributed by atoms with Gasteiger partial charge in [-0.05, 0) is 54.1 Å². The number of aromatic nitrogens is 2. The molecule has 4 aromatic rings. The van der Waals surface area contributed by atoms with Gasteiger partial charge in [-0.25, -0.2) is 23.1 Å². The van der Waals surface area contributed by atoms with E-state index < -0.39 is 10.0 Å². The van der Waals surface area contributed by atoms with Gasteiger partial charge in [-0.2, -0.15) is 0 Å². The number of rotatable bonds is 9. The number of benzene rings is 3. The maximum absolute atomic E-state index is 12.1. The van der Waals surface area contributed by atoms with Crippen molar-refractivity contribution in [3.63, 3.8) is 0 Å². The molecule has 1 aromatic heterocycles. The van der Waals surface area contributed by atoms with Crippen LogP contribution in [0.25, 0.3) is 11.1 Å². The van der Waals surface area contributed by atoms with Gasteiger partial charge in [0.15, 0.2) is 0 Å². The maximum atomic E-state index is 12.1. The topological polar surface area (TPSA) is 139 Å². The molecule has 0 saturated carbocycles. The fourth-order valence-corrected chi connectivity index (χ4v) is 4.26. The van der Waals surface area contributed by atoms with Crippen molar-refractivity contribution in [3.05, 3.63) is 90.8 Å². The number of carbonyl (C=O) groups excluding carboxylic acids is 1. The second-order valence-corrected chi connectivity index (χ2v) is 9.58. The van der Waals surface area contributed by atoms with Crippen molar-refractivity contribution in [1.29, 1.82) is 0 Å². The molecule has 5 N–H and O–H groups in total. The Bertz CT molecular complexity index is 1470. The van der Waals surface area contributed by atoms with E-state index >= 15 is 0 Å². The lowest BCUT2D eigenvalue weighted by molar-refractivity contribution is -0.117. The average Bonchev–Trinajstić information content (AvgIpc) is 2.84. The summed E-state index contributed by atoms with van der Waals surface area (Å²) in [5.74, 6) is 0.680. The van der Waals surface area contributed by atoms with Crippen molar-refractivity contribution in [2.75, 3.05) is 17.7 Å². The third-order valence-electron chi connectivity index (χ3n) is 5.13. The smallest absolute Gasteiger partial charge is 0.240 e. The molecule has 35 heavy (non-hydrogen) atoms. The van der Waals surface area contributed by atoms with E-state index in [4.69, 9.17) is 5.73 Å². The summed E-state index contributed by atoms with van der Waals surface area (Å²) < 4.78 is 26.4. The second kappa shape index (κ2) is 10.3. The molecule has 0 atom stereocenters. The Balaban J connectivity index is 1.52. The van der Waals surface area contributed by atoms with Crippen molar-refractivity contribution < 1.29 is 13.2 Å². The van der Waals surface area contributed by atoms with Gasteiger partial charge < -0.3 is 16.4 Å². The van der Waals surface area contributed by atoms with Crippen LogP contribution in [0.15, 0.2) is 90.1 Å². The summed E-state index contributed by atoms with van der Waals surface area (Å²) in [6.07, 6.45) is 1.60. The minimum atomic E-state index is -3.56. The largest absolute Gasteiger partial charge is 0.369 e. The highest BCUT2D eigenvalue weighted by Crippen LogP contribution is 2.26. The van der Waals surface area contributed by atoms with Gasteiger partial charge in [0.1, 0.15) is 18.0 Å². The molecule has 1 amide bonds. The zero-order chi connectivity index (χ0) is 24.8. The highest BCUT2D eigenvalue weighted by Gasteiger charge is 2.12. The number of hydrogen-bond acceptors (Lipinski definition) is 7. The summed E-state index contributed by atoms with van der Waals surface area (Å²) in [4.78, 5) is 19.9. The predicted molar refractivity (Wildman–Crippen MR) is 136 cm³/mol. The number of hydrogen-bond donors (Lipinski definition) is 4. The fourth-order valence-electron chi connectivity index (χ4n) is 3.49. The SMILES string of the molecule is CNS(=O)(=O)c1cccc(Nc2cc(Nc3cccc(-c4cccc(CC(N)=O)c4)c3)ncn2)c1. The van der Waals surface area contributed by atoms with E-state index in [9.17, 15) is 13.2 Å². The minimum absolute atomic E-state index is 0.147. The Morgan fingerprint density at radius 1 is 0.829 bits per heavy atom. The summed E-state index contributed by atoms with van der Waals surface area (Å²) >= 11 is 0. The summed E-state index contributed by atoms with van der Waals surface area (Å²) in [7, 11) is -2.19. The van der Waals surface area contributed by atoms with Crippen molar-refractivity contribution in [2.45, 2.75) is 11.3 Å². The standard InChI is InChI=1S/C25H24N6O3S/c1-27-35(33,34)22-10-4-9-21(14-22)31-25-15-24(28-16-29-25)30-20-8-3-7-19(13-20)18-6-2-5-17(11-18)12-23(26)32/h2-11,13-16,27H,12H2,1H3,(H2,26,32)(H2,28,29,30,31). The zero-order valence-electron chi connectivity index (χ0n) is 18.9. The third-order valence-corrected chi connectivity index (χ3v) is 6.54. The molecule has 9 nitrogen and oxygen atoms in total. The van der Waals surface area contributed by atoms with Gasteiger partial charge in [0.2, 0.25) is 15.9 Å². The van der Waals surface area contributed by atoms with Gasteiger partial charge in [0, 0.05) is 17.4 Å². The first kappa shape index (κ1) is 23.9. The number of nitrogens with one attached hydrogen (secondary N) is 3. The lowest BCUT2D eigenvalue weighted by Crippen LogP contribution is -2.18. The number of anilines is 4. The molecular formula is C25H24N6O3S. The Morgan fingerprint density at radius 2 is 1.43 bits per heavy atom. The molecule has 0 aliphatic rings. The number of amides is 1. The first-order valence-electron chi connectivity index (χ1n) is 10.7. The predicted octanol–water partition coefficient (Wildman–Crippen LogP) is 3.57. The summed E-state index contributed by atoms with van der Waals surface area (Å²) in [5, 5.41) is 6.37. The quantitative estimate of drug-likeness (QED) is 0.282. The molecule has 0 fully saturated rings. The molecule has 3 aromatic carbocycles. The molecule has 0 aliphatic heterocycles. The van der Waals surface area contributed by atoms with Crippen LogP contribution in [0.4, 0.5) is 23.0 Å². The number of primary amides is 1. The van der Waals surface area contributed by atoms with Crippen LogP contribution in [0, 0.1) is 0 Å². The van der Waals surface area contributed by atoms with E-state index in [-0.39, 0.29) is 17.2 Å². The first-order valence-corrected chi connectivity index (χ1v) is 12.2. The van der Waals surface area contributed by atoms with E-state index in [2.05, 4.69) is 25.3 Å². The van der Waals surface area contributed by atoms with Crippen LogP contribution in [0.5, 0.6) is 0 Å². The van der Waals surface area contributed by atoms with Crippen LogP contribution >= 0.6 is 0 Å². The second-order valence-electron chi connectivity index (χ2n) is 7.70. The van der Waals surface area contributed by atoms with Crippen LogP contribution in [-0.2, 0) is 21.2 Å². The number of nitrogens with two attached hydrogens (primary N) is 1. The van der Waals surface area contributed by atoms with E-state index in [0.717, 1.165) is 22.4 Å². The lowest BCUT2D eigenvalue weighted by Gasteiger charge is -2.11. The van der Waals surface area contributed by atoms with Gasteiger partial charge in [-0.3, -0.25) is 4.79 Å². The van der Waals surface area contributed by atoms with E-state index in [1.807, 2.05) is 48.5 Å². The zero-order valence-corrected chi connectivity index (χ0v) is 19.7. The Hall–Kier alpha value is -4.28. The number of carbonyl (C=O) groups is 1. The molecule has 0 saturated heterocycles. The number of sulfonamides is 1. The average molecular weight is 489 g/mol. The molecule has 0 bridgehead atoms. The third kappa shape index (κ3) is 6.19. The Labute approximate surface area is 203 Å². The van der Waals surface area contributed by atoms with Crippen molar-refractivity contribution in [1.82, 2.24) is 14.7 Å². The highest BCUT2D eigenvalue weighted by atomic mass is 32.2.